The Balaban J connectivity index is 2.30. The zero-order valence-electron chi connectivity index (χ0n) is 11.8. The lowest BCUT2D eigenvalue weighted by molar-refractivity contribution is -0.00565. The molecule has 1 aromatic heterocycles. The van der Waals surface area contributed by atoms with Crippen LogP contribution in [0.5, 0.6) is 0 Å². The second-order valence-electron chi connectivity index (χ2n) is 5.21. The van der Waals surface area contributed by atoms with Gasteiger partial charge in [0.15, 0.2) is 5.82 Å². The molecule has 2 atom stereocenters. The van der Waals surface area contributed by atoms with Gasteiger partial charge in [-0.3, -0.25) is 0 Å². The number of nitrogens with two attached hydrogens (primary N) is 1. The summed E-state index contributed by atoms with van der Waals surface area (Å²) in [5, 5.41) is 4.53. The molecule has 1 aliphatic heterocycles. The summed E-state index contributed by atoms with van der Waals surface area (Å²) in [5.74, 6) is 1.07. The van der Waals surface area contributed by atoms with Gasteiger partial charge in [0.05, 0.1) is 23.6 Å². The minimum atomic E-state index is 0.235. The van der Waals surface area contributed by atoms with Crippen molar-refractivity contribution in [2.24, 2.45) is 0 Å². The SMILES string of the molecule is CCCn1nc(C)c(N)c1N1CC(C)OC(C)C1. The molecule has 0 bridgehead atoms. The van der Waals surface area contributed by atoms with Crippen LogP contribution in [0.3, 0.4) is 0 Å². The van der Waals surface area contributed by atoms with E-state index in [4.69, 9.17) is 10.5 Å². The number of nitrogens with zero attached hydrogens (tertiary/aromatic N) is 3. The first-order valence-corrected chi connectivity index (χ1v) is 6.76. The van der Waals surface area contributed by atoms with Crippen molar-refractivity contribution >= 4 is 11.5 Å². The third-order valence-corrected chi connectivity index (χ3v) is 3.30. The van der Waals surface area contributed by atoms with Gasteiger partial charge in [-0.1, -0.05) is 6.92 Å². The Morgan fingerprint density at radius 1 is 1.33 bits per heavy atom. The number of morpholine rings is 1. The van der Waals surface area contributed by atoms with Crippen molar-refractivity contribution in [3.05, 3.63) is 5.69 Å². The van der Waals surface area contributed by atoms with Crippen LogP contribution in [0.15, 0.2) is 0 Å². The Morgan fingerprint density at radius 3 is 2.50 bits per heavy atom. The van der Waals surface area contributed by atoms with Crippen molar-refractivity contribution in [1.29, 1.82) is 0 Å². The molecule has 1 saturated heterocycles. The average molecular weight is 252 g/mol. The number of hydrogen-bond acceptors (Lipinski definition) is 4. The van der Waals surface area contributed by atoms with Crippen molar-refractivity contribution in [3.8, 4) is 0 Å². The van der Waals surface area contributed by atoms with E-state index in [0.717, 1.165) is 43.3 Å². The molecule has 0 aliphatic carbocycles. The van der Waals surface area contributed by atoms with Gasteiger partial charge in [-0.15, -0.1) is 0 Å². The number of ether oxygens (including phenoxy) is 1. The van der Waals surface area contributed by atoms with Crippen LogP contribution in [-0.2, 0) is 11.3 Å². The largest absolute Gasteiger partial charge is 0.394 e. The molecule has 2 unspecified atom stereocenters. The topological polar surface area (TPSA) is 56.3 Å². The third kappa shape index (κ3) is 2.46. The molecule has 0 aromatic carbocycles. The average Bonchev–Trinajstić information content (AvgIpc) is 2.54. The minimum Gasteiger partial charge on any atom is -0.394 e. The Bertz CT molecular complexity index is 405. The lowest BCUT2D eigenvalue weighted by atomic mass is 10.2. The van der Waals surface area contributed by atoms with Crippen molar-refractivity contribution in [2.75, 3.05) is 23.7 Å². The molecular weight excluding hydrogens is 228 g/mol. The molecule has 2 rings (SSSR count). The van der Waals surface area contributed by atoms with E-state index in [-0.39, 0.29) is 12.2 Å². The molecule has 0 spiro atoms. The summed E-state index contributed by atoms with van der Waals surface area (Å²) in [5.41, 5.74) is 7.92. The molecule has 1 aromatic rings. The summed E-state index contributed by atoms with van der Waals surface area (Å²) in [6.45, 7) is 11.0. The highest BCUT2D eigenvalue weighted by atomic mass is 16.5. The highest BCUT2D eigenvalue weighted by Gasteiger charge is 2.27. The highest BCUT2D eigenvalue weighted by molar-refractivity contribution is 5.66. The number of nitrogen functional groups attached to an aromatic ring is 1. The maximum absolute atomic E-state index is 6.19. The second kappa shape index (κ2) is 5.18. The van der Waals surface area contributed by atoms with Crippen LogP contribution in [0.4, 0.5) is 11.5 Å². The molecule has 1 fully saturated rings. The van der Waals surface area contributed by atoms with Crippen molar-refractivity contribution < 1.29 is 4.74 Å². The molecule has 5 heteroatoms. The summed E-state index contributed by atoms with van der Waals surface area (Å²) in [6.07, 6.45) is 1.53. The fourth-order valence-corrected chi connectivity index (χ4v) is 2.64. The Hall–Kier alpha value is -1.23. The van der Waals surface area contributed by atoms with Gasteiger partial charge >= 0.3 is 0 Å². The van der Waals surface area contributed by atoms with E-state index in [1.807, 2.05) is 11.6 Å². The molecule has 0 saturated carbocycles. The van der Waals surface area contributed by atoms with Gasteiger partial charge in [0.25, 0.3) is 0 Å². The van der Waals surface area contributed by atoms with Gasteiger partial charge in [-0.25, -0.2) is 4.68 Å². The number of aryl methyl sites for hydroxylation is 2. The standard InChI is InChI=1S/C13H24N4O/c1-5-6-17-13(12(14)11(4)15-17)16-7-9(2)18-10(3)8-16/h9-10H,5-8,14H2,1-4H3. The zero-order chi connectivity index (χ0) is 13.3. The fourth-order valence-electron chi connectivity index (χ4n) is 2.64. The van der Waals surface area contributed by atoms with E-state index < -0.39 is 0 Å². The normalized spacial score (nSPS) is 24.6. The van der Waals surface area contributed by atoms with Gasteiger partial charge in [0.1, 0.15) is 0 Å². The maximum atomic E-state index is 6.19. The van der Waals surface area contributed by atoms with Gasteiger partial charge < -0.3 is 15.4 Å². The molecular formula is C13H24N4O. The van der Waals surface area contributed by atoms with Crippen molar-refractivity contribution in [2.45, 2.75) is 52.9 Å². The monoisotopic (exact) mass is 252 g/mol. The van der Waals surface area contributed by atoms with Crippen LogP contribution in [0, 0.1) is 6.92 Å². The quantitative estimate of drug-likeness (QED) is 0.891. The molecule has 102 valence electrons. The van der Waals surface area contributed by atoms with Gasteiger partial charge in [-0.2, -0.15) is 5.10 Å². The molecule has 5 nitrogen and oxygen atoms in total. The lowest BCUT2D eigenvalue weighted by Gasteiger charge is -2.37. The first kappa shape index (κ1) is 13.2. The molecule has 0 radical (unpaired) electrons. The van der Waals surface area contributed by atoms with Crippen molar-refractivity contribution in [3.63, 3.8) is 0 Å². The van der Waals surface area contributed by atoms with Gasteiger partial charge in [-0.05, 0) is 27.2 Å². The smallest absolute Gasteiger partial charge is 0.150 e. The number of aromatic nitrogens is 2. The van der Waals surface area contributed by atoms with Crippen LogP contribution in [0.25, 0.3) is 0 Å². The van der Waals surface area contributed by atoms with E-state index in [0.29, 0.717) is 0 Å². The van der Waals surface area contributed by atoms with E-state index in [9.17, 15) is 0 Å². The molecule has 18 heavy (non-hydrogen) atoms. The summed E-state index contributed by atoms with van der Waals surface area (Å²) >= 11 is 0. The van der Waals surface area contributed by atoms with Crippen LogP contribution in [-0.4, -0.2) is 35.1 Å². The highest BCUT2D eigenvalue weighted by Crippen LogP contribution is 2.29. The number of anilines is 2. The molecule has 2 N–H and O–H groups in total. The van der Waals surface area contributed by atoms with Gasteiger partial charge in [0.2, 0.25) is 0 Å². The van der Waals surface area contributed by atoms with E-state index in [1.54, 1.807) is 0 Å². The number of hydrogen-bond donors (Lipinski definition) is 1. The van der Waals surface area contributed by atoms with Crippen molar-refractivity contribution in [1.82, 2.24) is 9.78 Å². The molecule has 1 aliphatic rings. The summed E-state index contributed by atoms with van der Waals surface area (Å²) < 4.78 is 7.81. The Labute approximate surface area is 109 Å². The first-order chi connectivity index (χ1) is 8.52. The summed E-state index contributed by atoms with van der Waals surface area (Å²) in [7, 11) is 0. The molecule has 2 heterocycles. The lowest BCUT2D eigenvalue weighted by Crippen LogP contribution is -2.46. The second-order valence-corrected chi connectivity index (χ2v) is 5.21. The van der Waals surface area contributed by atoms with Gasteiger partial charge in [0, 0.05) is 19.6 Å². The van der Waals surface area contributed by atoms with E-state index in [1.165, 1.54) is 0 Å². The van der Waals surface area contributed by atoms with Crippen LogP contribution < -0.4 is 10.6 Å². The maximum Gasteiger partial charge on any atom is 0.150 e. The summed E-state index contributed by atoms with van der Waals surface area (Å²) in [4.78, 5) is 2.31. The van der Waals surface area contributed by atoms with Crippen LogP contribution >= 0.6 is 0 Å². The number of rotatable bonds is 3. The predicted octanol–water partition coefficient (Wildman–Crippen LogP) is 1.80. The molecule has 0 amide bonds. The predicted molar refractivity (Wildman–Crippen MR) is 73.9 cm³/mol. The summed E-state index contributed by atoms with van der Waals surface area (Å²) in [6, 6.07) is 0. The zero-order valence-corrected chi connectivity index (χ0v) is 11.8. The van der Waals surface area contributed by atoms with E-state index >= 15 is 0 Å². The van der Waals surface area contributed by atoms with E-state index in [2.05, 4.69) is 30.8 Å². The fraction of sp³-hybridized carbons (Fsp3) is 0.769. The Morgan fingerprint density at radius 2 is 1.94 bits per heavy atom. The Kier molecular flexibility index (Phi) is 3.80. The first-order valence-electron chi connectivity index (χ1n) is 6.76. The van der Waals surface area contributed by atoms with Crippen LogP contribution in [0.1, 0.15) is 32.9 Å². The third-order valence-electron chi connectivity index (χ3n) is 3.30. The minimum absolute atomic E-state index is 0.235. The van der Waals surface area contributed by atoms with Crippen LogP contribution in [0.2, 0.25) is 0 Å².